The fourth-order valence-electron chi connectivity index (χ4n) is 2.13. The molecule has 1 fully saturated rings. The second-order valence-electron chi connectivity index (χ2n) is 4.62. The topological polar surface area (TPSA) is 63.2 Å². The van der Waals surface area contributed by atoms with E-state index in [1.165, 1.54) is 0 Å². The molecule has 1 aromatic heterocycles. The maximum absolute atomic E-state index is 12.3. The van der Waals surface area contributed by atoms with E-state index in [0.29, 0.717) is 18.7 Å². The van der Waals surface area contributed by atoms with Crippen molar-refractivity contribution in [3.05, 3.63) is 23.9 Å². The number of hydrogen-bond acceptors (Lipinski definition) is 4. The molecule has 0 aromatic carbocycles. The first-order chi connectivity index (χ1) is 8.66. The first-order valence-electron chi connectivity index (χ1n) is 6.16. The third-order valence-electron chi connectivity index (χ3n) is 3.37. The van der Waals surface area contributed by atoms with Crippen molar-refractivity contribution in [3.63, 3.8) is 0 Å². The minimum absolute atomic E-state index is 0. The van der Waals surface area contributed by atoms with Gasteiger partial charge in [-0.15, -0.1) is 24.8 Å². The van der Waals surface area contributed by atoms with E-state index in [-0.39, 0.29) is 30.7 Å². The summed E-state index contributed by atoms with van der Waals surface area (Å²) in [6.07, 6.45) is 3.10. The number of nitrogens with one attached hydrogen (secondary N) is 2. The summed E-state index contributed by atoms with van der Waals surface area (Å²) >= 11 is 0. The van der Waals surface area contributed by atoms with Crippen LogP contribution in [0.5, 0.6) is 0 Å². The Morgan fingerprint density at radius 1 is 1.35 bits per heavy atom. The highest BCUT2D eigenvalue weighted by Gasteiger charge is 2.39. The Morgan fingerprint density at radius 2 is 2.00 bits per heavy atom. The van der Waals surface area contributed by atoms with E-state index in [0.717, 1.165) is 18.7 Å². The largest absolute Gasteiger partial charge is 0.368 e. The molecular formula is C13H21Cl2N3O2. The zero-order valence-electron chi connectivity index (χ0n) is 11.6. The fraction of sp³-hybridized carbons (Fsp3) is 0.538. The van der Waals surface area contributed by atoms with E-state index < -0.39 is 5.60 Å². The van der Waals surface area contributed by atoms with E-state index in [9.17, 15) is 4.79 Å². The number of hydrogen-bond donors (Lipinski definition) is 2. The summed E-state index contributed by atoms with van der Waals surface area (Å²) in [5, 5.41) is 6.05. The van der Waals surface area contributed by atoms with Gasteiger partial charge in [-0.1, -0.05) is 6.07 Å². The quantitative estimate of drug-likeness (QED) is 0.893. The third-order valence-corrected chi connectivity index (χ3v) is 3.37. The summed E-state index contributed by atoms with van der Waals surface area (Å²) in [6.45, 7) is 3.55. The first kappa shape index (κ1) is 19.1. The van der Waals surface area contributed by atoms with E-state index in [1.54, 1.807) is 19.4 Å². The lowest BCUT2D eigenvalue weighted by atomic mass is 9.91. The number of methoxy groups -OCH3 is 1. The molecule has 1 aromatic rings. The molecule has 0 aliphatic carbocycles. The van der Waals surface area contributed by atoms with Crippen molar-refractivity contribution in [1.29, 1.82) is 0 Å². The number of pyridine rings is 1. The van der Waals surface area contributed by atoms with Crippen LogP contribution < -0.4 is 10.6 Å². The van der Waals surface area contributed by atoms with Gasteiger partial charge in [0.1, 0.15) is 11.4 Å². The minimum Gasteiger partial charge on any atom is -0.368 e. The van der Waals surface area contributed by atoms with Crippen molar-refractivity contribution in [1.82, 2.24) is 10.3 Å². The van der Waals surface area contributed by atoms with Crippen LogP contribution in [0.3, 0.4) is 0 Å². The van der Waals surface area contributed by atoms with Gasteiger partial charge in [0.25, 0.3) is 5.91 Å². The highest BCUT2D eigenvalue weighted by atomic mass is 35.5. The Labute approximate surface area is 131 Å². The minimum atomic E-state index is -0.724. The first-order valence-corrected chi connectivity index (χ1v) is 6.16. The number of piperidine rings is 1. The van der Waals surface area contributed by atoms with Gasteiger partial charge < -0.3 is 15.4 Å². The molecule has 0 spiro atoms. The van der Waals surface area contributed by atoms with Crippen LogP contribution >= 0.6 is 24.8 Å². The van der Waals surface area contributed by atoms with Crippen molar-refractivity contribution < 1.29 is 9.53 Å². The van der Waals surface area contributed by atoms with Crippen molar-refractivity contribution in [2.75, 3.05) is 25.5 Å². The number of aromatic nitrogens is 1. The standard InChI is InChI=1S/C13H19N3O2.2ClH/c1-10-3-4-11(15-9-10)16-12(17)13(18-2)5-7-14-8-6-13;;/h3-4,9,14H,5-8H2,1-2H3,(H,15,16,17);2*1H. The number of nitrogens with zero attached hydrogens (tertiary/aromatic N) is 1. The number of anilines is 1. The molecule has 0 radical (unpaired) electrons. The molecule has 7 heteroatoms. The highest BCUT2D eigenvalue weighted by Crippen LogP contribution is 2.24. The van der Waals surface area contributed by atoms with Crippen LogP contribution in [0.4, 0.5) is 5.82 Å². The van der Waals surface area contributed by atoms with Crippen LogP contribution in [0.1, 0.15) is 18.4 Å². The predicted molar refractivity (Wildman–Crippen MR) is 83.9 cm³/mol. The number of carbonyl (C=O) groups is 1. The van der Waals surface area contributed by atoms with Gasteiger partial charge >= 0.3 is 0 Å². The van der Waals surface area contributed by atoms with E-state index >= 15 is 0 Å². The lowest BCUT2D eigenvalue weighted by Crippen LogP contribution is -2.51. The second-order valence-corrected chi connectivity index (χ2v) is 4.62. The summed E-state index contributed by atoms with van der Waals surface area (Å²) in [7, 11) is 1.59. The molecule has 20 heavy (non-hydrogen) atoms. The number of aryl methyl sites for hydroxylation is 1. The Bertz CT molecular complexity index is 420. The summed E-state index contributed by atoms with van der Waals surface area (Å²) in [5.41, 5.74) is 0.342. The summed E-state index contributed by atoms with van der Waals surface area (Å²) in [4.78, 5) is 16.5. The van der Waals surface area contributed by atoms with Crippen LogP contribution in [0.15, 0.2) is 18.3 Å². The molecule has 0 unspecified atom stereocenters. The molecule has 2 rings (SSSR count). The van der Waals surface area contributed by atoms with Crippen LogP contribution in [0, 0.1) is 6.92 Å². The number of amides is 1. The molecule has 2 heterocycles. The maximum atomic E-state index is 12.3. The molecule has 0 atom stereocenters. The molecule has 1 amide bonds. The number of ether oxygens (including phenoxy) is 1. The lowest BCUT2D eigenvalue weighted by Gasteiger charge is -2.34. The molecule has 114 valence electrons. The van der Waals surface area contributed by atoms with Crippen LogP contribution in [0.25, 0.3) is 0 Å². The smallest absolute Gasteiger partial charge is 0.257 e. The average Bonchev–Trinajstić information content (AvgIpc) is 2.42. The van der Waals surface area contributed by atoms with Gasteiger partial charge in [-0.3, -0.25) is 4.79 Å². The lowest BCUT2D eigenvalue weighted by molar-refractivity contribution is -0.140. The van der Waals surface area contributed by atoms with Gasteiger partial charge in [-0.05, 0) is 44.5 Å². The molecule has 2 N–H and O–H groups in total. The highest BCUT2D eigenvalue weighted by molar-refractivity contribution is 5.96. The second kappa shape index (κ2) is 8.42. The summed E-state index contributed by atoms with van der Waals surface area (Å²) < 4.78 is 5.46. The third kappa shape index (κ3) is 4.31. The van der Waals surface area contributed by atoms with Gasteiger partial charge in [-0.25, -0.2) is 4.98 Å². The molecule has 1 saturated heterocycles. The van der Waals surface area contributed by atoms with Crippen molar-refractivity contribution in [2.24, 2.45) is 0 Å². The maximum Gasteiger partial charge on any atom is 0.257 e. The number of carbonyl (C=O) groups excluding carboxylic acids is 1. The molecule has 1 aliphatic heterocycles. The van der Waals surface area contributed by atoms with Gasteiger partial charge in [0, 0.05) is 13.3 Å². The molecule has 5 nitrogen and oxygen atoms in total. The van der Waals surface area contributed by atoms with Gasteiger partial charge in [0.15, 0.2) is 0 Å². The number of rotatable bonds is 3. The van der Waals surface area contributed by atoms with Gasteiger partial charge in [0.05, 0.1) is 0 Å². The van der Waals surface area contributed by atoms with Crippen molar-refractivity contribution >= 4 is 36.5 Å². The molecule has 0 saturated carbocycles. The SMILES string of the molecule is COC1(C(=O)Nc2ccc(C)cn2)CCNCC1.Cl.Cl. The Balaban J connectivity index is 0.00000180. The zero-order valence-corrected chi connectivity index (χ0v) is 13.3. The van der Waals surface area contributed by atoms with Crippen LogP contribution in [0.2, 0.25) is 0 Å². The predicted octanol–water partition coefficient (Wildman–Crippen LogP) is 1.94. The van der Waals surface area contributed by atoms with Gasteiger partial charge in [0.2, 0.25) is 0 Å². The monoisotopic (exact) mass is 321 g/mol. The zero-order chi connectivity index (χ0) is 13.0. The molecule has 0 bridgehead atoms. The van der Waals surface area contributed by atoms with E-state index in [4.69, 9.17) is 4.74 Å². The van der Waals surface area contributed by atoms with Crippen molar-refractivity contribution in [2.45, 2.75) is 25.4 Å². The number of halogens is 2. The summed E-state index contributed by atoms with van der Waals surface area (Å²) in [5.74, 6) is 0.461. The Hall–Kier alpha value is -0.880. The fourth-order valence-corrected chi connectivity index (χ4v) is 2.13. The van der Waals surface area contributed by atoms with Crippen LogP contribution in [-0.4, -0.2) is 36.7 Å². The van der Waals surface area contributed by atoms with Gasteiger partial charge in [-0.2, -0.15) is 0 Å². The average molecular weight is 322 g/mol. The Morgan fingerprint density at radius 3 is 2.50 bits per heavy atom. The Kier molecular flexibility index (Phi) is 8.05. The summed E-state index contributed by atoms with van der Waals surface area (Å²) in [6, 6.07) is 3.72. The van der Waals surface area contributed by atoms with E-state index in [2.05, 4.69) is 15.6 Å². The molecule has 1 aliphatic rings. The normalized spacial score (nSPS) is 16.5. The van der Waals surface area contributed by atoms with E-state index in [1.807, 2.05) is 13.0 Å². The molecular weight excluding hydrogens is 301 g/mol. The van der Waals surface area contributed by atoms with Crippen LogP contribution in [-0.2, 0) is 9.53 Å². The van der Waals surface area contributed by atoms with Crippen molar-refractivity contribution in [3.8, 4) is 0 Å².